The number of ether oxygens (including phenoxy) is 2. The molecule has 2 unspecified atom stereocenters. The molecule has 1 amide bonds. The van der Waals surface area contributed by atoms with Crippen molar-refractivity contribution in [3.8, 4) is 0 Å². The molecule has 4 rings (SSSR count). The Morgan fingerprint density at radius 2 is 2.06 bits per heavy atom. The van der Waals surface area contributed by atoms with Gasteiger partial charge in [0.2, 0.25) is 5.91 Å². The molecular weight excluding hydrogens is 496 g/mol. The number of tetrazole rings is 1. The van der Waals surface area contributed by atoms with E-state index in [0.29, 0.717) is 22.7 Å². The Hall–Kier alpha value is -4.27. The van der Waals surface area contributed by atoms with Crippen molar-refractivity contribution < 1.29 is 33.9 Å². The van der Waals surface area contributed by atoms with Crippen molar-refractivity contribution in [2.75, 3.05) is 6.61 Å². The van der Waals surface area contributed by atoms with Gasteiger partial charge in [0.1, 0.15) is 12.3 Å². The summed E-state index contributed by atoms with van der Waals surface area (Å²) in [6.07, 6.45) is 1.24. The van der Waals surface area contributed by atoms with Crippen molar-refractivity contribution in [2.24, 2.45) is 5.92 Å². The van der Waals surface area contributed by atoms with E-state index in [1.165, 1.54) is 45.6 Å². The second-order valence-electron chi connectivity index (χ2n) is 7.84. The Labute approximate surface area is 207 Å². The number of amides is 1. The minimum Gasteiger partial charge on any atom is -0.477 e. The minimum absolute atomic E-state index is 0.0484. The van der Waals surface area contributed by atoms with Crippen molar-refractivity contribution in [2.45, 2.75) is 32.4 Å². The van der Waals surface area contributed by atoms with Crippen molar-refractivity contribution in [1.29, 1.82) is 0 Å². The van der Waals surface area contributed by atoms with E-state index >= 15 is 0 Å². The largest absolute Gasteiger partial charge is 0.508 e. The monoisotopic (exact) mass is 516 g/mol. The fourth-order valence-corrected chi connectivity index (χ4v) is 4.80. The number of nitro groups is 1. The average Bonchev–Trinajstić information content (AvgIpc) is 3.42. The zero-order chi connectivity index (χ0) is 25.8. The molecule has 2 atom stereocenters. The summed E-state index contributed by atoms with van der Waals surface area (Å²) in [5, 5.41) is 33.0. The number of carboxylic acids is 1. The Morgan fingerprint density at radius 1 is 1.31 bits per heavy atom. The molecule has 15 heteroatoms. The van der Waals surface area contributed by atoms with Gasteiger partial charge in [0.25, 0.3) is 5.69 Å². The maximum Gasteiger partial charge on any atom is 0.508 e. The van der Waals surface area contributed by atoms with Gasteiger partial charge in [-0.05, 0) is 46.9 Å². The molecule has 188 valence electrons. The maximum absolute atomic E-state index is 12.6. The number of carbonyl (C=O) groups is 3. The molecule has 1 aromatic heterocycles. The lowest BCUT2D eigenvalue weighted by Gasteiger charge is -2.43. The molecule has 2 aliphatic rings. The summed E-state index contributed by atoms with van der Waals surface area (Å²) >= 11 is 1.18. The van der Waals surface area contributed by atoms with Gasteiger partial charge in [-0.1, -0.05) is 11.8 Å². The Bertz CT molecular complexity index is 1260. The van der Waals surface area contributed by atoms with Gasteiger partial charge in [-0.2, -0.15) is 0 Å². The lowest BCUT2D eigenvalue weighted by Crippen LogP contribution is -2.58. The number of non-ortho nitro benzene ring substituents is 1. The third-order valence-electron chi connectivity index (χ3n) is 5.68. The zero-order valence-electron chi connectivity index (χ0n) is 18.8. The van der Waals surface area contributed by atoms with Gasteiger partial charge >= 0.3 is 12.1 Å². The van der Waals surface area contributed by atoms with E-state index in [-0.39, 0.29) is 43.0 Å². The molecule has 14 nitrogen and oxygen atoms in total. The number of carbonyl (C=O) groups excluding carboxylic acids is 2. The van der Waals surface area contributed by atoms with E-state index in [1.54, 1.807) is 18.5 Å². The average molecular weight is 516 g/mol. The van der Waals surface area contributed by atoms with Gasteiger partial charge in [0.05, 0.1) is 23.5 Å². The number of thioether (sulfide) groups is 1. The zero-order valence-corrected chi connectivity index (χ0v) is 19.7. The third kappa shape index (κ3) is 5.19. The molecule has 1 saturated heterocycles. The van der Waals surface area contributed by atoms with Crippen LogP contribution in [0.4, 0.5) is 10.5 Å². The number of nitro benzene ring substituents is 1. The van der Waals surface area contributed by atoms with E-state index in [1.807, 2.05) is 0 Å². The van der Waals surface area contributed by atoms with Crippen LogP contribution in [0.5, 0.6) is 0 Å². The summed E-state index contributed by atoms with van der Waals surface area (Å²) in [5.41, 5.74) is 0.427. The van der Waals surface area contributed by atoms with Crippen LogP contribution in [0.3, 0.4) is 0 Å². The first kappa shape index (κ1) is 24.8. The van der Waals surface area contributed by atoms with Gasteiger partial charge < -0.3 is 19.5 Å². The predicted molar refractivity (Wildman–Crippen MR) is 123 cm³/mol. The number of aliphatic carboxylic acids is 1. The Balaban J connectivity index is 1.25. The molecule has 0 aliphatic carbocycles. The van der Waals surface area contributed by atoms with Crippen LogP contribution in [0, 0.1) is 23.0 Å². The number of rotatable bonds is 10. The van der Waals surface area contributed by atoms with Crippen LogP contribution in [0.2, 0.25) is 0 Å². The molecule has 36 heavy (non-hydrogen) atoms. The summed E-state index contributed by atoms with van der Waals surface area (Å²) < 4.78 is 11.5. The van der Waals surface area contributed by atoms with Crippen LogP contribution < -0.4 is 0 Å². The summed E-state index contributed by atoms with van der Waals surface area (Å²) in [5.74, 6) is -1.44. The maximum atomic E-state index is 12.6. The van der Waals surface area contributed by atoms with Gasteiger partial charge in [-0.15, -0.1) is 5.10 Å². The normalized spacial score (nSPS) is 18.8. The molecule has 3 heterocycles. The van der Waals surface area contributed by atoms with Gasteiger partial charge in [-0.3, -0.25) is 14.9 Å². The van der Waals surface area contributed by atoms with E-state index < -0.39 is 23.0 Å². The van der Waals surface area contributed by atoms with Crippen LogP contribution in [0.15, 0.2) is 40.3 Å². The fraction of sp³-hybridized carbons (Fsp3) is 0.333. The second-order valence-corrected chi connectivity index (χ2v) is 8.84. The van der Waals surface area contributed by atoms with Gasteiger partial charge in [0, 0.05) is 29.7 Å². The number of hydrogen-bond acceptors (Lipinski definition) is 11. The lowest BCUT2D eigenvalue weighted by molar-refractivity contribution is -0.384. The van der Waals surface area contributed by atoms with Crippen LogP contribution in [-0.2, 0) is 25.7 Å². The Kier molecular flexibility index (Phi) is 7.28. The molecule has 1 aromatic carbocycles. The summed E-state index contributed by atoms with van der Waals surface area (Å²) in [6, 6.07) is 5.21. The highest BCUT2D eigenvalue weighted by molar-refractivity contribution is 8.06. The molecule has 0 radical (unpaired) electrons. The molecule has 1 fully saturated rings. The number of fused-ring (bicyclic) bond motifs is 1. The third-order valence-corrected chi connectivity index (χ3v) is 6.58. The van der Waals surface area contributed by atoms with Gasteiger partial charge in [0.15, 0.2) is 5.82 Å². The number of aryl methyl sites for hydroxylation is 1. The standard InChI is InChI=1S/C21H20N6O8S/c1-12-22-23-24-25(12)7-9-36-17-10-16-15(19(28)26(16)18(17)20(29)30)6-8-34-21(31)35-11-13-2-4-14(5-3-13)27(32)33/h2-5,7,9,15-16H,6,8,10-11H2,1H3,(H,29,30)/b9-7-. The molecular formula is C21H20N6O8S. The molecule has 0 bridgehead atoms. The van der Waals surface area contributed by atoms with E-state index in [4.69, 9.17) is 9.47 Å². The smallest absolute Gasteiger partial charge is 0.477 e. The number of hydrogen-bond donors (Lipinski definition) is 1. The Morgan fingerprint density at radius 3 is 2.69 bits per heavy atom. The van der Waals surface area contributed by atoms with Crippen molar-refractivity contribution in [3.63, 3.8) is 0 Å². The number of nitrogens with zero attached hydrogens (tertiary/aromatic N) is 6. The SMILES string of the molecule is Cc1nnnn1/C=C\SC1=C(C(=O)O)N2C(=O)C(CCOC(=O)OCc3ccc([N+](=O)[O-])cc3)C2C1. The van der Waals surface area contributed by atoms with Crippen LogP contribution in [0.1, 0.15) is 24.2 Å². The highest BCUT2D eigenvalue weighted by atomic mass is 32.2. The highest BCUT2D eigenvalue weighted by Crippen LogP contribution is 2.47. The summed E-state index contributed by atoms with van der Waals surface area (Å²) in [7, 11) is 0. The number of benzene rings is 1. The van der Waals surface area contributed by atoms with Crippen molar-refractivity contribution in [3.05, 3.63) is 61.8 Å². The van der Waals surface area contributed by atoms with E-state index in [2.05, 4.69) is 15.5 Å². The molecule has 2 aromatic rings. The second kappa shape index (κ2) is 10.6. The van der Waals surface area contributed by atoms with Crippen LogP contribution in [0.25, 0.3) is 6.20 Å². The van der Waals surface area contributed by atoms with Crippen molar-refractivity contribution >= 4 is 41.7 Å². The van der Waals surface area contributed by atoms with E-state index in [9.17, 15) is 29.6 Å². The summed E-state index contributed by atoms with van der Waals surface area (Å²) in [4.78, 5) is 48.2. The molecule has 0 spiro atoms. The molecule has 0 saturated carbocycles. The van der Waals surface area contributed by atoms with Crippen LogP contribution in [-0.4, -0.2) is 65.8 Å². The first-order valence-corrected chi connectivity index (χ1v) is 11.5. The quantitative estimate of drug-likeness (QED) is 0.211. The van der Waals surface area contributed by atoms with Gasteiger partial charge in [-0.25, -0.2) is 14.3 Å². The first-order chi connectivity index (χ1) is 17.3. The molecule has 2 aliphatic heterocycles. The van der Waals surface area contributed by atoms with Crippen molar-refractivity contribution in [1.82, 2.24) is 25.1 Å². The van der Waals surface area contributed by atoms with Crippen LogP contribution >= 0.6 is 11.8 Å². The predicted octanol–water partition coefficient (Wildman–Crippen LogP) is 2.32. The first-order valence-electron chi connectivity index (χ1n) is 10.7. The number of aromatic nitrogens is 4. The lowest BCUT2D eigenvalue weighted by atomic mass is 9.85. The number of carboxylic acid groups (broad SMARTS) is 1. The number of β-lactam (4-membered cyclic amide) rings is 1. The topological polar surface area (TPSA) is 180 Å². The van der Waals surface area contributed by atoms with E-state index in [0.717, 1.165) is 0 Å². The minimum atomic E-state index is -1.19. The fourth-order valence-electron chi connectivity index (χ4n) is 3.89. The molecule has 1 N–H and O–H groups in total. The summed E-state index contributed by atoms with van der Waals surface area (Å²) in [6.45, 7) is 1.51. The highest BCUT2D eigenvalue weighted by Gasteiger charge is 2.54.